The summed E-state index contributed by atoms with van der Waals surface area (Å²) < 4.78 is 10.2. The van der Waals surface area contributed by atoms with Crippen molar-refractivity contribution in [1.29, 1.82) is 0 Å². The van der Waals surface area contributed by atoms with E-state index < -0.39 is 21.6 Å². The summed E-state index contributed by atoms with van der Waals surface area (Å²) in [5.41, 5.74) is 3.76. The number of aryl methyl sites for hydroxylation is 1. The second-order valence-electron chi connectivity index (χ2n) is 5.13. The van der Waals surface area contributed by atoms with Crippen LogP contribution in [0.25, 0.3) is 21.2 Å². The van der Waals surface area contributed by atoms with Crippen LogP contribution in [-0.2, 0) is 11.2 Å². The van der Waals surface area contributed by atoms with Crippen molar-refractivity contribution in [2.75, 3.05) is 0 Å². The molecule has 0 fully saturated rings. The molecule has 1 heterocycles. The van der Waals surface area contributed by atoms with Gasteiger partial charge in [0.15, 0.2) is 0 Å². The molecule has 3 rings (SSSR count). The molecule has 0 spiro atoms. The standard InChI is InChI=1S/C18H16IO2S/c20-18(19-21)8-4-7-15-12-22-17-10-9-14(11-16(15)17)13-5-2-1-3-6-13/h1-3,5-6,9-12,21H,4,7-8H2/q-1. The number of fused-ring (bicyclic) bond motifs is 1. The summed E-state index contributed by atoms with van der Waals surface area (Å²) in [7, 11) is 0. The first-order chi connectivity index (χ1) is 10.8. The van der Waals surface area contributed by atoms with Gasteiger partial charge in [0.25, 0.3) is 0 Å². The summed E-state index contributed by atoms with van der Waals surface area (Å²) in [5.74, 6) is 0. The predicted octanol–water partition coefficient (Wildman–Crippen LogP) is 1.41. The molecule has 0 atom stereocenters. The Bertz CT molecular complexity index is 780. The fourth-order valence-electron chi connectivity index (χ4n) is 2.55. The van der Waals surface area contributed by atoms with E-state index in [4.69, 9.17) is 3.44 Å². The summed E-state index contributed by atoms with van der Waals surface area (Å²) in [5, 5.41) is 3.48. The number of benzene rings is 2. The fourth-order valence-corrected chi connectivity index (χ4v) is 4.15. The minimum atomic E-state index is -1.23. The molecule has 1 aromatic heterocycles. The van der Waals surface area contributed by atoms with E-state index >= 15 is 0 Å². The van der Waals surface area contributed by atoms with Gasteiger partial charge in [0.1, 0.15) is 0 Å². The molecule has 0 aliphatic rings. The van der Waals surface area contributed by atoms with Crippen LogP contribution in [0.2, 0.25) is 0 Å². The van der Waals surface area contributed by atoms with Gasteiger partial charge >= 0.3 is 145 Å². The predicted molar refractivity (Wildman–Crippen MR) is 87.4 cm³/mol. The van der Waals surface area contributed by atoms with Gasteiger partial charge in [0, 0.05) is 0 Å². The third kappa shape index (κ3) is 3.56. The third-order valence-electron chi connectivity index (χ3n) is 3.67. The van der Waals surface area contributed by atoms with Gasteiger partial charge in [-0.3, -0.25) is 0 Å². The molecular formula is C18H16IO2S-. The molecule has 1 N–H and O–H groups in total. The van der Waals surface area contributed by atoms with Gasteiger partial charge in [-0.15, -0.1) is 0 Å². The average Bonchev–Trinajstić information content (AvgIpc) is 2.98. The number of carbonyl (C=O) groups is 1. The van der Waals surface area contributed by atoms with Crippen LogP contribution in [0.15, 0.2) is 53.9 Å². The van der Waals surface area contributed by atoms with E-state index in [-0.39, 0.29) is 3.79 Å². The number of rotatable bonds is 6. The van der Waals surface area contributed by atoms with E-state index in [1.54, 1.807) is 11.3 Å². The Balaban J connectivity index is 1.84. The zero-order chi connectivity index (χ0) is 15.4. The Morgan fingerprint density at radius 2 is 1.91 bits per heavy atom. The van der Waals surface area contributed by atoms with Crippen molar-refractivity contribution >= 4 is 25.2 Å². The van der Waals surface area contributed by atoms with Gasteiger partial charge in [-0.05, 0) is 0 Å². The molecule has 0 saturated carbocycles. The van der Waals surface area contributed by atoms with Crippen LogP contribution in [0, 0.1) is 0 Å². The molecule has 2 nitrogen and oxygen atoms in total. The first-order valence-electron chi connectivity index (χ1n) is 7.15. The van der Waals surface area contributed by atoms with E-state index in [9.17, 15) is 4.79 Å². The van der Waals surface area contributed by atoms with Gasteiger partial charge in [-0.2, -0.15) is 0 Å². The molecular weight excluding hydrogens is 407 g/mol. The van der Waals surface area contributed by atoms with Gasteiger partial charge < -0.3 is 0 Å². The SMILES string of the molecule is O=C(CCCc1csc2ccc(-c3ccccc3)cc12)[I-]O. The molecule has 0 radical (unpaired) electrons. The monoisotopic (exact) mass is 423 g/mol. The zero-order valence-electron chi connectivity index (χ0n) is 12.0. The zero-order valence-corrected chi connectivity index (χ0v) is 14.9. The number of hydrogen-bond donors (Lipinski definition) is 1. The molecule has 114 valence electrons. The molecule has 0 bridgehead atoms. The Labute approximate surface area is 144 Å². The number of hydrogen-bond acceptors (Lipinski definition) is 3. The van der Waals surface area contributed by atoms with Crippen molar-refractivity contribution in [3.8, 4) is 11.1 Å². The maximum absolute atomic E-state index is 11.2. The van der Waals surface area contributed by atoms with E-state index in [1.165, 1.54) is 26.8 Å². The van der Waals surface area contributed by atoms with Gasteiger partial charge in [-0.1, -0.05) is 0 Å². The second kappa shape index (κ2) is 7.35. The molecule has 4 heteroatoms. The molecule has 0 aliphatic heterocycles. The maximum atomic E-state index is 11.2. The number of thiophene rings is 1. The Hall–Kier alpha value is -1.24. The molecule has 2 aromatic carbocycles. The summed E-state index contributed by atoms with van der Waals surface area (Å²) in [6, 6.07) is 17.0. The van der Waals surface area contributed by atoms with Crippen LogP contribution in [-0.4, -0.2) is 7.23 Å². The van der Waals surface area contributed by atoms with Crippen molar-refractivity contribution < 1.29 is 29.9 Å². The first-order valence-corrected chi connectivity index (χ1v) is 10.1. The van der Waals surface area contributed by atoms with Crippen LogP contribution < -0.4 is 21.6 Å². The van der Waals surface area contributed by atoms with Crippen molar-refractivity contribution in [3.05, 3.63) is 59.5 Å². The van der Waals surface area contributed by atoms with Crippen LogP contribution >= 0.6 is 11.3 Å². The van der Waals surface area contributed by atoms with Crippen LogP contribution in [0.5, 0.6) is 0 Å². The first kappa shape index (κ1) is 15.6. The number of halogens is 1. The van der Waals surface area contributed by atoms with Crippen molar-refractivity contribution in [2.45, 2.75) is 19.3 Å². The quantitative estimate of drug-likeness (QED) is 0.481. The number of carbonyl (C=O) groups excluding carboxylic acids is 1. The average molecular weight is 423 g/mol. The van der Waals surface area contributed by atoms with Crippen molar-refractivity contribution in [2.24, 2.45) is 0 Å². The minimum absolute atomic E-state index is 0.0308. The molecule has 0 unspecified atom stereocenters. The van der Waals surface area contributed by atoms with Gasteiger partial charge in [0.2, 0.25) is 0 Å². The van der Waals surface area contributed by atoms with E-state index in [0.29, 0.717) is 6.42 Å². The Kier molecular flexibility index (Phi) is 5.23. The fraction of sp³-hybridized carbons (Fsp3) is 0.167. The molecule has 22 heavy (non-hydrogen) atoms. The summed E-state index contributed by atoms with van der Waals surface area (Å²) in [6.45, 7) is 0. The summed E-state index contributed by atoms with van der Waals surface area (Å²) >= 11 is 0.521. The molecule has 0 saturated heterocycles. The van der Waals surface area contributed by atoms with Crippen molar-refractivity contribution in [3.63, 3.8) is 0 Å². The van der Waals surface area contributed by atoms with Crippen molar-refractivity contribution in [1.82, 2.24) is 0 Å². The normalized spacial score (nSPS) is 11.1. The van der Waals surface area contributed by atoms with Crippen LogP contribution in [0.4, 0.5) is 0 Å². The van der Waals surface area contributed by atoms with Crippen LogP contribution in [0.1, 0.15) is 18.4 Å². The second-order valence-corrected chi connectivity index (χ2v) is 7.73. The van der Waals surface area contributed by atoms with E-state index in [1.807, 2.05) is 6.07 Å². The Morgan fingerprint density at radius 3 is 2.68 bits per heavy atom. The molecule has 0 amide bonds. The topological polar surface area (TPSA) is 37.3 Å². The van der Waals surface area contributed by atoms with Gasteiger partial charge in [0.05, 0.1) is 0 Å². The summed E-state index contributed by atoms with van der Waals surface area (Å²) in [6.07, 6.45) is 2.22. The Morgan fingerprint density at radius 1 is 1.09 bits per heavy atom. The summed E-state index contributed by atoms with van der Waals surface area (Å²) in [4.78, 5) is 11.2. The van der Waals surface area contributed by atoms with Gasteiger partial charge in [-0.25, -0.2) is 0 Å². The van der Waals surface area contributed by atoms with Crippen LogP contribution in [0.3, 0.4) is 0 Å². The van der Waals surface area contributed by atoms with E-state index in [0.717, 1.165) is 12.8 Å². The molecule has 0 aliphatic carbocycles. The third-order valence-corrected chi connectivity index (χ3v) is 5.76. The van der Waals surface area contributed by atoms with E-state index in [2.05, 4.69) is 47.8 Å². The molecule has 3 aromatic rings.